The predicted molar refractivity (Wildman–Crippen MR) is 136 cm³/mol. The molecule has 4 atom stereocenters. The van der Waals surface area contributed by atoms with E-state index in [0.29, 0.717) is 28.5 Å². The van der Waals surface area contributed by atoms with Crippen LogP contribution in [0.3, 0.4) is 0 Å². The summed E-state index contributed by atoms with van der Waals surface area (Å²) in [5.74, 6) is -1.18. The minimum atomic E-state index is -1.32. The van der Waals surface area contributed by atoms with Crippen molar-refractivity contribution in [2.75, 3.05) is 25.0 Å². The van der Waals surface area contributed by atoms with Crippen LogP contribution in [-0.2, 0) is 9.59 Å². The van der Waals surface area contributed by atoms with E-state index in [1.165, 1.54) is 23.1 Å². The molecule has 2 unspecified atom stereocenters. The van der Waals surface area contributed by atoms with Crippen molar-refractivity contribution >= 4 is 46.7 Å². The van der Waals surface area contributed by atoms with Crippen molar-refractivity contribution in [3.8, 4) is 6.07 Å². The van der Waals surface area contributed by atoms with E-state index in [1.807, 2.05) is 0 Å². The average molecular weight is 526 g/mol. The number of nitrogens with two attached hydrogens (primary N) is 1. The van der Waals surface area contributed by atoms with Gasteiger partial charge in [0, 0.05) is 41.5 Å². The summed E-state index contributed by atoms with van der Waals surface area (Å²) in [6.07, 6.45) is 2.11. The molecule has 36 heavy (non-hydrogen) atoms. The molecule has 0 radical (unpaired) electrons. The first-order valence-corrected chi connectivity index (χ1v) is 12.5. The van der Waals surface area contributed by atoms with Crippen LogP contribution in [0.15, 0.2) is 42.5 Å². The van der Waals surface area contributed by atoms with E-state index < -0.39 is 23.4 Å². The summed E-state index contributed by atoms with van der Waals surface area (Å²) < 4.78 is 0. The number of hydrogen-bond acceptors (Lipinski definition) is 5. The summed E-state index contributed by atoms with van der Waals surface area (Å²) in [5, 5.41) is 9.83. The predicted octanol–water partition coefficient (Wildman–Crippen LogP) is 3.76. The van der Waals surface area contributed by atoms with E-state index in [2.05, 4.69) is 6.07 Å². The summed E-state index contributed by atoms with van der Waals surface area (Å²) in [5.41, 5.74) is 6.26. The van der Waals surface area contributed by atoms with Crippen molar-refractivity contribution in [3.05, 3.63) is 63.6 Å². The number of halogens is 2. The molecule has 8 nitrogen and oxygen atoms in total. The first kappa shape index (κ1) is 24.6. The van der Waals surface area contributed by atoms with E-state index in [4.69, 9.17) is 28.9 Å². The average Bonchev–Trinajstić information content (AvgIpc) is 3.51. The number of benzene rings is 2. The highest BCUT2D eigenvalue weighted by molar-refractivity contribution is 6.35. The molecule has 3 fully saturated rings. The molecule has 10 heteroatoms. The zero-order valence-electron chi connectivity index (χ0n) is 19.7. The number of carbonyl (C=O) groups excluding carboxylic acids is 3. The van der Waals surface area contributed by atoms with Crippen LogP contribution in [0.4, 0.5) is 10.5 Å². The lowest BCUT2D eigenvalue weighted by molar-refractivity contribution is -0.135. The smallest absolute Gasteiger partial charge is 0.332 e. The molecule has 3 aliphatic rings. The minimum absolute atomic E-state index is 0.00901. The monoisotopic (exact) mass is 525 g/mol. The Morgan fingerprint density at radius 2 is 1.78 bits per heavy atom. The second kappa shape index (κ2) is 9.07. The van der Waals surface area contributed by atoms with Gasteiger partial charge in [0.25, 0.3) is 5.91 Å². The first-order valence-electron chi connectivity index (χ1n) is 11.8. The third-order valence-corrected chi connectivity index (χ3v) is 8.18. The van der Waals surface area contributed by atoms with Crippen LogP contribution < -0.4 is 10.6 Å². The maximum absolute atomic E-state index is 14.2. The molecule has 2 aromatic carbocycles. The number of carbonyl (C=O) groups is 3. The van der Waals surface area contributed by atoms with Gasteiger partial charge in [-0.15, -0.1) is 0 Å². The van der Waals surface area contributed by atoms with Gasteiger partial charge in [-0.1, -0.05) is 35.3 Å². The zero-order chi connectivity index (χ0) is 25.8. The Balaban J connectivity index is 1.58. The number of likely N-dealkylation sites (tertiary alicyclic amines) is 1. The van der Waals surface area contributed by atoms with Gasteiger partial charge >= 0.3 is 6.03 Å². The van der Waals surface area contributed by atoms with Gasteiger partial charge in [0.05, 0.1) is 23.9 Å². The highest BCUT2D eigenvalue weighted by Crippen LogP contribution is 2.47. The van der Waals surface area contributed by atoms with Crippen LogP contribution >= 0.6 is 23.2 Å². The molecule has 2 heterocycles. The van der Waals surface area contributed by atoms with Crippen LogP contribution in [0.2, 0.25) is 10.0 Å². The van der Waals surface area contributed by atoms with Crippen LogP contribution in [0, 0.1) is 17.2 Å². The Morgan fingerprint density at radius 1 is 1.11 bits per heavy atom. The Bertz CT molecular complexity index is 1270. The number of anilines is 1. The number of hydrogen-bond donors (Lipinski definition) is 1. The van der Waals surface area contributed by atoms with E-state index in [-0.39, 0.29) is 36.6 Å². The molecule has 1 spiro atoms. The molecule has 2 saturated heterocycles. The molecule has 5 rings (SSSR count). The van der Waals surface area contributed by atoms with E-state index >= 15 is 0 Å². The first-order chi connectivity index (χ1) is 17.1. The van der Waals surface area contributed by atoms with Crippen LogP contribution in [0.5, 0.6) is 0 Å². The van der Waals surface area contributed by atoms with Crippen molar-refractivity contribution < 1.29 is 14.4 Å². The second-order valence-electron chi connectivity index (χ2n) is 9.81. The zero-order valence-corrected chi connectivity index (χ0v) is 21.2. The van der Waals surface area contributed by atoms with Crippen LogP contribution in [0.1, 0.15) is 36.3 Å². The van der Waals surface area contributed by atoms with Crippen molar-refractivity contribution in [2.45, 2.75) is 36.8 Å². The number of rotatable bonds is 3. The summed E-state index contributed by atoms with van der Waals surface area (Å²) in [7, 11) is 1.59. The molecule has 0 aromatic heterocycles. The number of nitriles is 1. The van der Waals surface area contributed by atoms with E-state index in [9.17, 15) is 19.6 Å². The Kier molecular flexibility index (Phi) is 6.19. The molecule has 1 saturated carbocycles. The van der Waals surface area contributed by atoms with Crippen molar-refractivity contribution in [1.29, 1.82) is 5.26 Å². The lowest BCUT2D eigenvalue weighted by atomic mass is 9.80. The molecular formula is C26H25Cl2N5O3. The SMILES string of the molecule is CN1C(=O)N(c2cc(Cl)cc(Cl)c2)C(=O)[C@]12CN(C(=O)C1CCC(N)C1)C[C@H]2c1ccc(C#N)cc1. The summed E-state index contributed by atoms with van der Waals surface area (Å²) in [6, 6.07) is 13.1. The fourth-order valence-corrected chi connectivity index (χ4v) is 6.39. The number of urea groups is 1. The van der Waals surface area contributed by atoms with Crippen molar-refractivity contribution in [3.63, 3.8) is 0 Å². The highest BCUT2D eigenvalue weighted by Gasteiger charge is 2.65. The Hall–Kier alpha value is -3.12. The van der Waals surface area contributed by atoms with Gasteiger partial charge in [0.2, 0.25) is 5.91 Å². The molecular weight excluding hydrogens is 501 g/mol. The highest BCUT2D eigenvalue weighted by atomic mass is 35.5. The fraction of sp³-hybridized carbons (Fsp3) is 0.385. The van der Waals surface area contributed by atoms with Gasteiger partial charge in [-0.25, -0.2) is 9.69 Å². The van der Waals surface area contributed by atoms with Crippen LogP contribution in [-0.4, -0.2) is 59.4 Å². The number of amides is 4. The standard InChI is InChI=1S/C26H25Cl2N5O3/c1-31-25(36)33(21-10-18(27)9-19(28)11-21)24(35)26(31)14-32(23(34)17-6-7-20(30)8-17)13-22(26)16-4-2-15(12-29)3-5-16/h2-5,9-11,17,20,22H,6-8,13-14,30H2,1H3/t17?,20?,22-,26+/m0/s1. The van der Waals surface area contributed by atoms with Gasteiger partial charge in [0.15, 0.2) is 0 Å². The molecule has 186 valence electrons. The summed E-state index contributed by atoms with van der Waals surface area (Å²) in [6.45, 7) is 0.331. The topological polar surface area (TPSA) is 111 Å². The largest absolute Gasteiger partial charge is 0.339 e. The van der Waals surface area contributed by atoms with Crippen LogP contribution in [0.25, 0.3) is 0 Å². The van der Waals surface area contributed by atoms with Gasteiger partial charge in [-0.05, 0) is 55.2 Å². The Morgan fingerprint density at radius 3 is 2.36 bits per heavy atom. The summed E-state index contributed by atoms with van der Waals surface area (Å²) in [4.78, 5) is 45.5. The molecule has 0 bridgehead atoms. The number of imide groups is 1. The normalized spacial score (nSPS) is 27.9. The third kappa shape index (κ3) is 3.83. The molecule has 4 amide bonds. The Labute approximate surface area is 219 Å². The summed E-state index contributed by atoms with van der Waals surface area (Å²) >= 11 is 12.4. The number of likely N-dealkylation sites (N-methyl/N-ethyl adjacent to an activating group) is 1. The van der Waals surface area contributed by atoms with Gasteiger partial charge in [0.1, 0.15) is 5.54 Å². The number of nitrogens with zero attached hydrogens (tertiary/aromatic N) is 4. The van der Waals surface area contributed by atoms with E-state index in [1.54, 1.807) is 36.2 Å². The maximum Gasteiger partial charge on any atom is 0.332 e. The van der Waals surface area contributed by atoms with E-state index in [0.717, 1.165) is 16.9 Å². The third-order valence-electron chi connectivity index (χ3n) is 7.74. The van der Waals surface area contributed by atoms with Gasteiger partial charge < -0.3 is 15.5 Å². The van der Waals surface area contributed by atoms with Crippen molar-refractivity contribution in [1.82, 2.24) is 9.80 Å². The second-order valence-corrected chi connectivity index (χ2v) is 10.7. The van der Waals surface area contributed by atoms with Gasteiger partial charge in [-0.2, -0.15) is 5.26 Å². The quantitative estimate of drug-likeness (QED) is 0.613. The lowest BCUT2D eigenvalue weighted by Gasteiger charge is -2.33. The minimum Gasteiger partial charge on any atom is -0.339 e. The lowest BCUT2D eigenvalue weighted by Crippen LogP contribution is -2.54. The molecule has 2 aromatic rings. The van der Waals surface area contributed by atoms with Gasteiger partial charge in [-0.3, -0.25) is 9.59 Å². The molecule has 2 N–H and O–H groups in total. The molecule has 2 aliphatic heterocycles. The molecule has 1 aliphatic carbocycles. The fourth-order valence-electron chi connectivity index (χ4n) is 5.87. The van der Waals surface area contributed by atoms with Crippen molar-refractivity contribution in [2.24, 2.45) is 11.7 Å². The maximum atomic E-state index is 14.2.